The highest BCUT2D eigenvalue weighted by Gasteiger charge is 2.04. The summed E-state index contributed by atoms with van der Waals surface area (Å²) in [5.41, 5.74) is 1.14. The molecule has 16 heavy (non-hydrogen) atoms. The van der Waals surface area contributed by atoms with Gasteiger partial charge in [0.25, 0.3) is 0 Å². The number of hydrogen-bond donors (Lipinski definition) is 0. The zero-order valence-corrected chi connectivity index (χ0v) is 11.7. The van der Waals surface area contributed by atoms with E-state index < -0.39 is 0 Å². The lowest BCUT2D eigenvalue weighted by Crippen LogP contribution is -1.83. The van der Waals surface area contributed by atoms with E-state index in [0.29, 0.717) is 0 Å². The highest BCUT2D eigenvalue weighted by atomic mass is 79.9. The molecule has 1 aromatic heterocycles. The van der Waals surface area contributed by atoms with Gasteiger partial charge in [-0.05, 0) is 52.7 Å². The zero-order chi connectivity index (χ0) is 11.5. The molecule has 4 heteroatoms. The molecule has 0 amide bonds. The van der Waals surface area contributed by atoms with Crippen molar-refractivity contribution in [2.45, 2.75) is 16.8 Å². The van der Waals surface area contributed by atoms with E-state index in [1.807, 2.05) is 37.4 Å². The Bertz CT molecular complexity index is 516. The van der Waals surface area contributed by atoms with E-state index in [1.54, 1.807) is 11.8 Å². The summed E-state index contributed by atoms with van der Waals surface area (Å²) in [6.07, 6.45) is 1.86. The second-order valence-electron chi connectivity index (χ2n) is 3.36. The van der Waals surface area contributed by atoms with Gasteiger partial charge in [0.05, 0.1) is 4.47 Å². The monoisotopic (exact) mass is 313 g/mol. The summed E-state index contributed by atoms with van der Waals surface area (Å²) in [5.74, 6) is 0. The van der Waals surface area contributed by atoms with E-state index in [9.17, 15) is 0 Å². The molecule has 2 rings (SSSR count). The van der Waals surface area contributed by atoms with Crippen LogP contribution in [0.15, 0.2) is 50.9 Å². The Labute approximate surface area is 112 Å². The van der Waals surface area contributed by atoms with Gasteiger partial charge < -0.3 is 0 Å². The van der Waals surface area contributed by atoms with Crippen LogP contribution in [0, 0.1) is 6.92 Å². The number of benzene rings is 1. The lowest BCUT2D eigenvalue weighted by atomic mass is 10.3. The highest BCUT2D eigenvalue weighted by Crippen LogP contribution is 2.32. The number of rotatable bonds is 2. The number of aromatic nitrogens is 1. The summed E-state index contributed by atoms with van der Waals surface area (Å²) < 4.78 is 1.01. The van der Waals surface area contributed by atoms with Gasteiger partial charge in [-0.25, -0.2) is 4.98 Å². The largest absolute Gasteiger partial charge is 0.248 e. The van der Waals surface area contributed by atoms with Crippen LogP contribution < -0.4 is 0 Å². The molecule has 0 radical (unpaired) electrons. The van der Waals surface area contributed by atoms with E-state index in [-0.39, 0.29) is 0 Å². The van der Waals surface area contributed by atoms with Crippen molar-refractivity contribution >= 4 is 39.3 Å². The summed E-state index contributed by atoms with van der Waals surface area (Å²) in [7, 11) is 0. The average Bonchev–Trinajstić information content (AvgIpc) is 2.22. The van der Waals surface area contributed by atoms with Gasteiger partial charge in [-0.3, -0.25) is 0 Å². The molecule has 0 unspecified atom stereocenters. The van der Waals surface area contributed by atoms with E-state index in [4.69, 9.17) is 11.6 Å². The lowest BCUT2D eigenvalue weighted by Gasteiger charge is -2.04. The van der Waals surface area contributed by atoms with Crippen LogP contribution in [0.1, 0.15) is 5.56 Å². The molecule has 0 fully saturated rings. The average molecular weight is 315 g/mol. The van der Waals surface area contributed by atoms with Crippen molar-refractivity contribution in [3.63, 3.8) is 0 Å². The molecule has 1 aromatic carbocycles. The summed E-state index contributed by atoms with van der Waals surface area (Å²) in [6, 6.07) is 9.81. The third-order valence-electron chi connectivity index (χ3n) is 1.95. The van der Waals surface area contributed by atoms with Gasteiger partial charge >= 0.3 is 0 Å². The maximum Gasteiger partial charge on any atom is 0.115 e. The van der Waals surface area contributed by atoms with E-state index in [1.165, 1.54) is 0 Å². The Hall–Kier alpha value is -0.510. The topological polar surface area (TPSA) is 12.9 Å². The van der Waals surface area contributed by atoms with E-state index >= 15 is 0 Å². The highest BCUT2D eigenvalue weighted by molar-refractivity contribution is 9.10. The molecule has 0 aliphatic carbocycles. The minimum Gasteiger partial charge on any atom is -0.248 e. The Morgan fingerprint density at radius 1 is 1.31 bits per heavy atom. The van der Waals surface area contributed by atoms with E-state index in [2.05, 4.69) is 27.0 Å². The summed E-state index contributed by atoms with van der Waals surface area (Å²) in [4.78, 5) is 5.46. The third-order valence-corrected chi connectivity index (χ3v) is 4.07. The van der Waals surface area contributed by atoms with Crippen molar-refractivity contribution in [2.75, 3.05) is 0 Å². The van der Waals surface area contributed by atoms with Crippen molar-refractivity contribution in [3.8, 4) is 0 Å². The first-order valence-electron chi connectivity index (χ1n) is 4.71. The molecule has 0 atom stereocenters. The van der Waals surface area contributed by atoms with Crippen LogP contribution in [-0.2, 0) is 0 Å². The first kappa shape index (κ1) is 12.0. The van der Waals surface area contributed by atoms with Crippen molar-refractivity contribution in [2.24, 2.45) is 0 Å². The van der Waals surface area contributed by atoms with E-state index in [0.717, 1.165) is 25.0 Å². The maximum absolute atomic E-state index is 5.93. The number of hydrogen-bond acceptors (Lipinski definition) is 2. The number of halogens is 2. The number of aryl methyl sites for hydroxylation is 1. The van der Waals surface area contributed by atoms with Gasteiger partial charge in [-0.1, -0.05) is 29.4 Å². The molecule has 0 saturated carbocycles. The van der Waals surface area contributed by atoms with Crippen molar-refractivity contribution in [1.29, 1.82) is 0 Å². The van der Waals surface area contributed by atoms with Crippen molar-refractivity contribution in [1.82, 2.24) is 4.98 Å². The first-order valence-corrected chi connectivity index (χ1v) is 6.69. The summed E-state index contributed by atoms with van der Waals surface area (Å²) in [5, 5.41) is 1.70. The van der Waals surface area contributed by atoms with Gasteiger partial charge in [-0.2, -0.15) is 0 Å². The normalized spacial score (nSPS) is 10.4. The van der Waals surface area contributed by atoms with Gasteiger partial charge in [0.15, 0.2) is 0 Å². The van der Waals surface area contributed by atoms with Crippen LogP contribution in [0.2, 0.25) is 5.02 Å². The maximum atomic E-state index is 5.93. The predicted octanol–water partition coefficient (Wildman–Crippen LogP) is 4.96. The fourth-order valence-electron chi connectivity index (χ4n) is 1.24. The molecular weight excluding hydrogens is 306 g/mol. The van der Waals surface area contributed by atoms with Gasteiger partial charge in [0, 0.05) is 16.1 Å². The molecule has 0 spiro atoms. The molecule has 0 saturated heterocycles. The van der Waals surface area contributed by atoms with Crippen molar-refractivity contribution in [3.05, 3.63) is 51.6 Å². The summed E-state index contributed by atoms with van der Waals surface area (Å²) >= 11 is 11.0. The fourth-order valence-corrected chi connectivity index (χ4v) is 3.02. The smallest absolute Gasteiger partial charge is 0.115 e. The molecule has 0 N–H and O–H groups in total. The molecular formula is C12H9BrClNS. The standard InChI is InChI=1S/C12H9BrClNS/c1-8-5-11(13)12(15-7-8)16-10-4-2-3-9(14)6-10/h2-7H,1H3. The van der Waals surface area contributed by atoms with Crippen LogP contribution in [0.3, 0.4) is 0 Å². The number of pyridine rings is 1. The third kappa shape index (κ3) is 3.00. The SMILES string of the molecule is Cc1cnc(Sc2cccc(Cl)c2)c(Br)c1. The van der Waals surface area contributed by atoms with Crippen LogP contribution in [0.4, 0.5) is 0 Å². The Morgan fingerprint density at radius 3 is 2.81 bits per heavy atom. The Morgan fingerprint density at radius 2 is 2.12 bits per heavy atom. The van der Waals surface area contributed by atoms with Crippen LogP contribution in [0.25, 0.3) is 0 Å². The van der Waals surface area contributed by atoms with Gasteiger partial charge in [0.1, 0.15) is 5.03 Å². The Kier molecular flexibility index (Phi) is 3.90. The quantitative estimate of drug-likeness (QED) is 0.777. The second-order valence-corrected chi connectivity index (χ2v) is 5.71. The van der Waals surface area contributed by atoms with Gasteiger partial charge in [-0.15, -0.1) is 0 Å². The Balaban J connectivity index is 2.27. The van der Waals surface area contributed by atoms with Crippen LogP contribution >= 0.6 is 39.3 Å². The molecule has 1 heterocycles. The minimum atomic E-state index is 0.744. The molecule has 0 aliphatic heterocycles. The molecule has 2 aromatic rings. The van der Waals surface area contributed by atoms with Crippen LogP contribution in [0.5, 0.6) is 0 Å². The minimum absolute atomic E-state index is 0.744. The fraction of sp³-hybridized carbons (Fsp3) is 0.0833. The van der Waals surface area contributed by atoms with Crippen molar-refractivity contribution < 1.29 is 0 Å². The molecule has 82 valence electrons. The molecule has 0 bridgehead atoms. The summed E-state index contributed by atoms with van der Waals surface area (Å²) in [6.45, 7) is 2.02. The predicted molar refractivity (Wildman–Crippen MR) is 72.2 cm³/mol. The molecule has 0 aliphatic rings. The van der Waals surface area contributed by atoms with Gasteiger partial charge in [0.2, 0.25) is 0 Å². The first-order chi connectivity index (χ1) is 7.65. The zero-order valence-electron chi connectivity index (χ0n) is 8.58. The number of nitrogens with zero attached hydrogens (tertiary/aromatic N) is 1. The second kappa shape index (κ2) is 5.21. The lowest BCUT2D eigenvalue weighted by molar-refractivity contribution is 1.08. The molecule has 1 nitrogen and oxygen atoms in total. The van der Waals surface area contributed by atoms with Crippen LogP contribution in [-0.4, -0.2) is 4.98 Å².